The number of aryl methyl sites for hydroxylation is 1. The summed E-state index contributed by atoms with van der Waals surface area (Å²) >= 11 is 0. The SMILES string of the molecule is CCCCN1CCN(S(C)(=O)=O)c2ccc(C(=O)NCCCCNCc3cccc(CC)c3)cc21. The molecule has 0 fully saturated rings. The van der Waals surface area contributed by atoms with Crippen LogP contribution in [0.3, 0.4) is 0 Å². The molecule has 8 heteroatoms. The predicted octanol–water partition coefficient (Wildman–Crippen LogP) is 3.93. The minimum atomic E-state index is -3.36. The molecule has 3 rings (SSSR count). The van der Waals surface area contributed by atoms with Crippen LogP contribution in [-0.2, 0) is 23.0 Å². The van der Waals surface area contributed by atoms with E-state index in [4.69, 9.17) is 0 Å². The third-order valence-electron chi connectivity index (χ3n) is 6.40. The number of anilines is 2. The third-order valence-corrected chi connectivity index (χ3v) is 7.58. The highest BCUT2D eigenvalue weighted by Gasteiger charge is 2.28. The Bertz CT molecular complexity index is 1090. The molecular formula is C27H40N4O3S. The molecule has 0 radical (unpaired) electrons. The first-order chi connectivity index (χ1) is 16.8. The maximum Gasteiger partial charge on any atom is 0.251 e. The van der Waals surface area contributed by atoms with Crippen LogP contribution in [-0.4, -0.2) is 53.3 Å². The van der Waals surface area contributed by atoms with Gasteiger partial charge in [-0.05, 0) is 61.6 Å². The molecule has 7 nitrogen and oxygen atoms in total. The molecule has 35 heavy (non-hydrogen) atoms. The zero-order valence-electron chi connectivity index (χ0n) is 21.3. The van der Waals surface area contributed by atoms with Gasteiger partial charge in [-0.25, -0.2) is 8.42 Å². The van der Waals surface area contributed by atoms with Gasteiger partial charge in [-0.15, -0.1) is 0 Å². The van der Waals surface area contributed by atoms with Gasteiger partial charge in [-0.1, -0.05) is 44.5 Å². The summed E-state index contributed by atoms with van der Waals surface area (Å²) in [7, 11) is -3.36. The molecule has 1 aliphatic heterocycles. The first kappa shape index (κ1) is 27.0. The monoisotopic (exact) mass is 500 g/mol. The van der Waals surface area contributed by atoms with E-state index in [0.717, 1.165) is 57.4 Å². The number of carbonyl (C=O) groups excluding carboxylic acids is 1. The Morgan fingerprint density at radius 1 is 0.943 bits per heavy atom. The highest BCUT2D eigenvalue weighted by molar-refractivity contribution is 7.92. The van der Waals surface area contributed by atoms with Crippen molar-refractivity contribution in [1.29, 1.82) is 0 Å². The quantitative estimate of drug-likeness (QED) is 0.407. The fourth-order valence-electron chi connectivity index (χ4n) is 4.38. The van der Waals surface area contributed by atoms with Gasteiger partial charge < -0.3 is 15.5 Å². The van der Waals surface area contributed by atoms with Crippen molar-refractivity contribution in [2.45, 2.75) is 52.5 Å². The molecular weight excluding hydrogens is 460 g/mol. The van der Waals surface area contributed by atoms with Crippen LogP contribution in [0, 0.1) is 0 Å². The lowest BCUT2D eigenvalue weighted by Crippen LogP contribution is -2.44. The Morgan fingerprint density at radius 2 is 1.71 bits per heavy atom. The van der Waals surface area contributed by atoms with Gasteiger partial charge in [0.2, 0.25) is 10.0 Å². The van der Waals surface area contributed by atoms with Gasteiger partial charge in [-0.2, -0.15) is 0 Å². The molecule has 192 valence electrons. The zero-order valence-corrected chi connectivity index (χ0v) is 22.2. The number of sulfonamides is 1. The van der Waals surface area contributed by atoms with E-state index in [1.54, 1.807) is 12.1 Å². The van der Waals surface area contributed by atoms with Gasteiger partial charge in [0, 0.05) is 31.7 Å². The van der Waals surface area contributed by atoms with E-state index in [0.29, 0.717) is 30.9 Å². The van der Waals surface area contributed by atoms with Crippen LogP contribution in [0.1, 0.15) is 61.0 Å². The normalized spacial score (nSPS) is 13.6. The van der Waals surface area contributed by atoms with E-state index in [1.165, 1.54) is 21.7 Å². The number of nitrogens with zero attached hydrogens (tertiary/aromatic N) is 2. The second-order valence-electron chi connectivity index (χ2n) is 9.19. The summed E-state index contributed by atoms with van der Waals surface area (Å²) in [5.74, 6) is -0.121. The fourth-order valence-corrected chi connectivity index (χ4v) is 5.30. The summed E-state index contributed by atoms with van der Waals surface area (Å²) in [6.07, 6.45) is 6.23. The lowest BCUT2D eigenvalue weighted by Gasteiger charge is -2.37. The maximum absolute atomic E-state index is 12.8. The van der Waals surface area contributed by atoms with Gasteiger partial charge in [0.1, 0.15) is 0 Å². The molecule has 0 bridgehead atoms. The molecule has 1 heterocycles. The molecule has 2 aromatic carbocycles. The number of fused-ring (bicyclic) bond motifs is 1. The van der Waals surface area contributed by atoms with E-state index in [9.17, 15) is 13.2 Å². The number of rotatable bonds is 13. The smallest absolute Gasteiger partial charge is 0.251 e. The van der Waals surface area contributed by atoms with Crippen molar-refractivity contribution in [2.75, 3.05) is 48.2 Å². The van der Waals surface area contributed by atoms with E-state index in [2.05, 4.69) is 53.6 Å². The lowest BCUT2D eigenvalue weighted by molar-refractivity contribution is 0.0953. The fraction of sp³-hybridized carbons (Fsp3) is 0.519. The Kier molecular flexibility index (Phi) is 9.98. The van der Waals surface area contributed by atoms with Crippen molar-refractivity contribution < 1.29 is 13.2 Å². The second kappa shape index (κ2) is 12.9. The number of unbranched alkanes of at least 4 members (excludes halogenated alkanes) is 2. The molecule has 0 atom stereocenters. The first-order valence-corrected chi connectivity index (χ1v) is 14.6. The van der Waals surface area contributed by atoms with Crippen molar-refractivity contribution in [3.63, 3.8) is 0 Å². The summed E-state index contributed by atoms with van der Waals surface area (Å²) in [5, 5.41) is 6.48. The Balaban J connectivity index is 1.50. The summed E-state index contributed by atoms with van der Waals surface area (Å²) in [6.45, 7) is 8.57. The molecule has 1 amide bonds. The molecule has 0 aliphatic carbocycles. The predicted molar refractivity (Wildman–Crippen MR) is 145 cm³/mol. The van der Waals surface area contributed by atoms with Crippen LogP contribution in [0.5, 0.6) is 0 Å². The van der Waals surface area contributed by atoms with E-state index in [1.807, 2.05) is 6.07 Å². The topological polar surface area (TPSA) is 81.8 Å². The Labute approximate surface area is 210 Å². The summed E-state index contributed by atoms with van der Waals surface area (Å²) in [5.41, 5.74) is 4.69. The van der Waals surface area contributed by atoms with Crippen LogP contribution in [0.4, 0.5) is 11.4 Å². The number of nitrogens with one attached hydrogen (secondary N) is 2. The minimum absolute atomic E-state index is 0.121. The van der Waals surface area contributed by atoms with Crippen molar-refractivity contribution in [3.8, 4) is 0 Å². The van der Waals surface area contributed by atoms with Crippen molar-refractivity contribution in [1.82, 2.24) is 10.6 Å². The van der Waals surface area contributed by atoms with Crippen molar-refractivity contribution in [3.05, 3.63) is 59.2 Å². The number of hydrogen-bond donors (Lipinski definition) is 2. The Hall–Kier alpha value is -2.58. The van der Waals surface area contributed by atoms with Gasteiger partial charge >= 0.3 is 0 Å². The zero-order chi connectivity index (χ0) is 25.3. The van der Waals surface area contributed by atoms with E-state index in [-0.39, 0.29) is 5.91 Å². The van der Waals surface area contributed by atoms with Gasteiger partial charge in [0.05, 0.1) is 24.2 Å². The summed E-state index contributed by atoms with van der Waals surface area (Å²) < 4.78 is 26.0. The third kappa shape index (κ3) is 7.70. The first-order valence-electron chi connectivity index (χ1n) is 12.8. The Morgan fingerprint density at radius 3 is 2.46 bits per heavy atom. The largest absolute Gasteiger partial charge is 0.368 e. The van der Waals surface area contributed by atoms with E-state index < -0.39 is 10.0 Å². The average molecular weight is 501 g/mol. The van der Waals surface area contributed by atoms with Crippen molar-refractivity contribution in [2.24, 2.45) is 0 Å². The summed E-state index contributed by atoms with van der Waals surface area (Å²) in [6, 6.07) is 14.0. The van der Waals surface area contributed by atoms with Crippen LogP contribution < -0.4 is 19.8 Å². The molecule has 0 saturated carbocycles. The van der Waals surface area contributed by atoms with Gasteiger partial charge in [-0.3, -0.25) is 9.10 Å². The highest BCUT2D eigenvalue weighted by Crippen LogP contribution is 2.35. The second-order valence-corrected chi connectivity index (χ2v) is 11.1. The van der Waals surface area contributed by atoms with Crippen LogP contribution in [0.2, 0.25) is 0 Å². The standard InChI is InChI=1S/C27H40N4O3S/c1-4-6-16-30-17-18-31(35(3,33)34)25-13-12-24(20-26(25)30)27(32)29-15-8-7-14-28-21-23-11-9-10-22(5-2)19-23/h9-13,19-20,28H,4-8,14-18,21H2,1-3H3,(H,29,32). The molecule has 0 aromatic heterocycles. The number of amides is 1. The molecule has 2 N–H and O–H groups in total. The average Bonchev–Trinajstić information content (AvgIpc) is 2.85. The maximum atomic E-state index is 12.8. The van der Waals surface area contributed by atoms with Crippen LogP contribution >= 0.6 is 0 Å². The van der Waals surface area contributed by atoms with Crippen molar-refractivity contribution >= 4 is 27.3 Å². The van der Waals surface area contributed by atoms with Gasteiger partial charge in [0.25, 0.3) is 5.91 Å². The van der Waals surface area contributed by atoms with Crippen LogP contribution in [0.15, 0.2) is 42.5 Å². The van der Waals surface area contributed by atoms with Crippen LogP contribution in [0.25, 0.3) is 0 Å². The molecule has 0 unspecified atom stereocenters. The molecule has 0 spiro atoms. The minimum Gasteiger partial charge on any atom is -0.368 e. The number of carbonyl (C=O) groups is 1. The highest BCUT2D eigenvalue weighted by atomic mass is 32.2. The molecule has 1 aliphatic rings. The number of hydrogen-bond acceptors (Lipinski definition) is 5. The molecule has 2 aromatic rings. The molecule has 0 saturated heterocycles. The van der Waals surface area contributed by atoms with Gasteiger partial charge in [0.15, 0.2) is 0 Å². The van der Waals surface area contributed by atoms with E-state index >= 15 is 0 Å². The number of benzene rings is 2. The summed E-state index contributed by atoms with van der Waals surface area (Å²) in [4.78, 5) is 15.0. The lowest BCUT2D eigenvalue weighted by atomic mass is 10.1.